The van der Waals surface area contributed by atoms with Crippen molar-refractivity contribution >= 4 is 29.4 Å². The zero-order valence-corrected chi connectivity index (χ0v) is 16.3. The highest BCUT2D eigenvalue weighted by molar-refractivity contribution is 6.30. The molecular weight excluding hydrogens is 366 g/mol. The molecule has 27 heavy (non-hydrogen) atoms. The van der Waals surface area contributed by atoms with E-state index in [0.717, 1.165) is 30.6 Å². The molecule has 1 heterocycles. The molecule has 0 spiro atoms. The van der Waals surface area contributed by atoms with Gasteiger partial charge in [-0.15, -0.1) is 0 Å². The van der Waals surface area contributed by atoms with Crippen molar-refractivity contribution in [2.24, 2.45) is 0 Å². The molecule has 1 aliphatic heterocycles. The highest BCUT2D eigenvalue weighted by Crippen LogP contribution is 2.33. The van der Waals surface area contributed by atoms with Crippen LogP contribution < -0.4 is 10.6 Å². The fourth-order valence-corrected chi connectivity index (χ4v) is 4.11. The molecule has 0 unspecified atom stereocenters. The Morgan fingerprint density at radius 1 is 1.19 bits per heavy atom. The second kappa shape index (κ2) is 8.30. The summed E-state index contributed by atoms with van der Waals surface area (Å²) in [6.07, 6.45) is 6.89. The zero-order chi connectivity index (χ0) is 19.4. The van der Waals surface area contributed by atoms with Gasteiger partial charge in [-0.1, -0.05) is 56.3 Å². The number of benzene rings is 1. The second-order valence-electron chi connectivity index (χ2n) is 7.34. The lowest BCUT2D eigenvalue weighted by atomic mass is 9.87. The molecule has 2 aliphatic rings. The number of halogens is 1. The van der Waals surface area contributed by atoms with Gasteiger partial charge in [0, 0.05) is 11.1 Å². The van der Waals surface area contributed by atoms with Crippen molar-refractivity contribution < 1.29 is 14.4 Å². The van der Waals surface area contributed by atoms with Crippen molar-refractivity contribution in [2.75, 3.05) is 6.54 Å². The average Bonchev–Trinajstić information content (AvgIpc) is 2.83. The number of hydrogen-bond donors (Lipinski definition) is 2. The first-order chi connectivity index (χ1) is 13.0. The van der Waals surface area contributed by atoms with Crippen molar-refractivity contribution in [3.63, 3.8) is 0 Å². The van der Waals surface area contributed by atoms with E-state index in [4.69, 9.17) is 11.6 Å². The third-order valence-electron chi connectivity index (χ3n) is 5.57. The number of nitrogens with one attached hydrogen (secondary N) is 2. The fourth-order valence-electron chi connectivity index (χ4n) is 3.98. The Kier molecular flexibility index (Phi) is 6.05. The van der Waals surface area contributed by atoms with Gasteiger partial charge in [-0.25, -0.2) is 4.79 Å². The fraction of sp³-hybridized carbons (Fsp3) is 0.550. The molecule has 0 radical (unpaired) electrons. The Morgan fingerprint density at radius 3 is 2.41 bits per heavy atom. The minimum Gasteiger partial charge on any atom is -0.352 e. The summed E-state index contributed by atoms with van der Waals surface area (Å²) < 4.78 is 0. The first kappa shape index (κ1) is 19.7. The number of urea groups is 1. The van der Waals surface area contributed by atoms with E-state index < -0.39 is 17.5 Å². The lowest BCUT2D eigenvalue weighted by molar-refractivity contribution is -0.135. The number of carbonyl (C=O) groups excluding carboxylic acids is 3. The summed E-state index contributed by atoms with van der Waals surface area (Å²) in [6, 6.07) is 6.45. The van der Waals surface area contributed by atoms with Gasteiger partial charge in [0.1, 0.15) is 12.1 Å². The molecule has 7 heteroatoms. The van der Waals surface area contributed by atoms with E-state index in [0.29, 0.717) is 17.0 Å². The maximum Gasteiger partial charge on any atom is 0.325 e. The van der Waals surface area contributed by atoms with Crippen molar-refractivity contribution in [2.45, 2.75) is 63.5 Å². The van der Waals surface area contributed by atoms with E-state index in [9.17, 15) is 14.4 Å². The molecule has 1 saturated carbocycles. The van der Waals surface area contributed by atoms with E-state index in [-0.39, 0.29) is 18.5 Å². The van der Waals surface area contributed by atoms with Gasteiger partial charge in [-0.2, -0.15) is 0 Å². The van der Waals surface area contributed by atoms with Gasteiger partial charge in [0.05, 0.1) is 0 Å². The van der Waals surface area contributed by atoms with Crippen molar-refractivity contribution in [3.8, 4) is 0 Å². The largest absolute Gasteiger partial charge is 0.352 e. The van der Waals surface area contributed by atoms with Crippen LogP contribution in [0.3, 0.4) is 0 Å². The monoisotopic (exact) mass is 391 g/mol. The molecule has 146 valence electrons. The maximum absolute atomic E-state index is 13.1. The minimum atomic E-state index is -1.15. The smallest absolute Gasteiger partial charge is 0.325 e. The van der Waals surface area contributed by atoms with E-state index >= 15 is 0 Å². The van der Waals surface area contributed by atoms with Crippen molar-refractivity contribution in [1.29, 1.82) is 0 Å². The van der Waals surface area contributed by atoms with E-state index in [1.54, 1.807) is 24.3 Å². The Morgan fingerprint density at radius 2 is 1.81 bits per heavy atom. The normalized spacial score (nSPS) is 23.9. The topological polar surface area (TPSA) is 78.5 Å². The van der Waals surface area contributed by atoms with Gasteiger partial charge in [0.25, 0.3) is 5.91 Å². The molecular formula is C20H26ClN3O3. The summed E-state index contributed by atoms with van der Waals surface area (Å²) in [5, 5.41) is 6.33. The molecule has 3 rings (SSSR count). The molecule has 1 aliphatic carbocycles. The summed E-state index contributed by atoms with van der Waals surface area (Å²) in [5.74, 6) is -0.679. The molecule has 6 nitrogen and oxygen atoms in total. The van der Waals surface area contributed by atoms with Crippen LogP contribution in [0.2, 0.25) is 5.02 Å². The third kappa shape index (κ3) is 4.10. The van der Waals surface area contributed by atoms with Gasteiger partial charge >= 0.3 is 6.03 Å². The Hall–Kier alpha value is -2.08. The Bertz CT molecular complexity index is 714. The van der Waals surface area contributed by atoms with Crippen LogP contribution in [0, 0.1) is 0 Å². The summed E-state index contributed by atoms with van der Waals surface area (Å²) in [7, 11) is 0. The summed E-state index contributed by atoms with van der Waals surface area (Å²) in [6.45, 7) is 1.58. The molecule has 0 bridgehead atoms. The lowest BCUT2D eigenvalue weighted by Crippen LogP contribution is -2.46. The molecule has 1 saturated heterocycles. The highest BCUT2D eigenvalue weighted by Gasteiger charge is 2.51. The number of hydrogen-bond acceptors (Lipinski definition) is 3. The van der Waals surface area contributed by atoms with Gasteiger partial charge in [0.2, 0.25) is 5.91 Å². The molecule has 1 aromatic carbocycles. The van der Waals surface area contributed by atoms with E-state index in [1.807, 2.05) is 6.92 Å². The minimum absolute atomic E-state index is 0.132. The van der Waals surface area contributed by atoms with E-state index in [1.165, 1.54) is 12.8 Å². The number of nitrogens with zero attached hydrogens (tertiary/aromatic N) is 1. The quantitative estimate of drug-likeness (QED) is 0.596. The van der Waals surface area contributed by atoms with Crippen LogP contribution in [-0.2, 0) is 15.1 Å². The standard InChI is InChI=1S/C20H26ClN3O3/c1-2-20(14-9-11-15(21)12-10-14)18(26)24(19(27)23-20)13-17(25)22-16-7-5-3-4-6-8-16/h9-12,16H,2-8,13H2,1H3,(H,22,25)(H,23,27)/t20-/m0/s1. The summed E-state index contributed by atoms with van der Waals surface area (Å²) >= 11 is 5.94. The second-order valence-corrected chi connectivity index (χ2v) is 7.78. The zero-order valence-electron chi connectivity index (χ0n) is 15.6. The Balaban J connectivity index is 1.71. The van der Waals surface area contributed by atoms with E-state index in [2.05, 4.69) is 10.6 Å². The molecule has 1 aromatic rings. The Labute approximate surface area is 164 Å². The van der Waals surface area contributed by atoms with Gasteiger partial charge in [-0.05, 0) is 37.0 Å². The SMILES string of the molecule is CC[C@@]1(c2ccc(Cl)cc2)NC(=O)N(CC(=O)NC2CCCCCC2)C1=O. The molecule has 0 aromatic heterocycles. The average molecular weight is 392 g/mol. The number of imide groups is 1. The maximum atomic E-state index is 13.1. The third-order valence-corrected chi connectivity index (χ3v) is 5.82. The lowest BCUT2D eigenvalue weighted by Gasteiger charge is -2.26. The van der Waals surface area contributed by atoms with Crippen LogP contribution in [0.15, 0.2) is 24.3 Å². The molecule has 2 N–H and O–H groups in total. The van der Waals surface area contributed by atoms with Crippen LogP contribution in [0.25, 0.3) is 0 Å². The summed E-state index contributed by atoms with van der Waals surface area (Å²) in [4.78, 5) is 39.0. The number of amides is 4. The predicted octanol–water partition coefficient (Wildman–Crippen LogP) is 3.34. The van der Waals surface area contributed by atoms with Crippen molar-refractivity contribution in [1.82, 2.24) is 15.5 Å². The van der Waals surface area contributed by atoms with Gasteiger partial charge in [-0.3, -0.25) is 14.5 Å². The molecule has 4 amide bonds. The number of carbonyl (C=O) groups is 3. The number of rotatable bonds is 5. The first-order valence-corrected chi connectivity index (χ1v) is 10.0. The highest BCUT2D eigenvalue weighted by atomic mass is 35.5. The van der Waals surface area contributed by atoms with Crippen LogP contribution in [-0.4, -0.2) is 35.3 Å². The van der Waals surface area contributed by atoms with Gasteiger partial charge in [0.15, 0.2) is 0 Å². The van der Waals surface area contributed by atoms with Gasteiger partial charge < -0.3 is 10.6 Å². The van der Waals surface area contributed by atoms with Crippen LogP contribution in [0.1, 0.15) is 57.4 Å². The molecule has 1 atom stereocenters. The van der Waals surface area contributed by atoms with Crippen molar-refractivity contribution in [3.05, 3.63) is 34.9 Å². The van der Waals surface area contributed by atoms with Crippen LogP contribution in [0.4, 0.5) is 4.79 Å². The molecule has 2 fully saturated rings. The first-order valence-electron chi connectivity index (χ1n) is 9.66. The predicted molar refractivity (Wildman–Crippen MR) is 103 cm³/mol. The van der Waals surface area contributed by atoms with Crippen LogP contribution >= 0.6 is 11.6 Å². The summed E-state index contributed by atoms with van der Waals surface area (Å²) in [5.41, 5.74) is -0.482. The van der Waals surface area contributed by atoms with Crippen LogP contribution in [0.5, 0.6) is 0 Å².